The fourth-order valence-electron chi connectivity index (χ4n) is 1.30. The van der Waals surface area contributed by atoms with Gasteiger partial charge in [-0.1, -0.05) is 12.1 Å². The van der Waals surface area contributed by atoms with Gasteiger partial charge in [-0.25, -0.2) is 9.31 Å². The average molecular weight is 294 g/mol. The van der Waals surface area contributed by atoms with Crippen LogP contribution in [0.5, 0.6) is 23.0 Å². The Morgan fingerprint density at radius 1 is 1.00 bits per heavy atom. The molecule has 0 heterocycles. The van der Waals surface area contributed by atoms with Crippen LogP contribution in [0.1, 0.15) is 9.99 Å². The van der Waals surface area contributed by atoms with Crippen LogP contribution in [-0.2, 0) is 9.88 Å². The molecule has 0 unspecified atom stereocenters. The second kappa shape index (κ2) is 8.54. The zero-order chi connectivity index (χ0) is 15.7. The number of nitrogens with two attached hydrogens (primary N) is 1. The Hall–Kier alpha value is -2.61. The first-order valence-corrected chi connectivity index (χ1v) is 5.78. The molecule has 2 aromatic carbocycles. The molecule has 0 saturated heterocycles. The van der Waals surface area contributed by atoms with Gasteiger partial charge in [-0.15, -0.1) is 4.99 Å². The third-order valence-electron chi connectivity index (χ3n) is 2.30. The standard InChI is InChI=1S/C13H10O4.CH5NO2/c14-11-4-2-1-3-9(11)8-17-10-5-6-12(15)13(16)7-10;1-3-4-2/h1-8H,(H2-,14,15,16);2H2,1H3/p+1. The summed E-state index contributed by atoms with van der Waals surface area (Å²) in [7, 11) is 1.33. The normalized spacial score (nSPS) is 10.2. The zero-order valence-electron chi connectivity index (χ0n) is 11.3. The smallest absolute Gasteiger partial charge is 0.356 e. The van der Waals surface area contributed by atoms with Crippen molar-refractivity contribution in [1.29, 1.82) is 0 Å². The predicted molar refractivity (Wildman–Crippen MR) is 75.0 cm³/mol. The van der Waals surface area contributed by atoms with Gasteiger partial charge >= 0.3 is 12.0 Å². The first-order valence-electron chi connectivity index (χ1n) is 5.78. The molecule has 0 bridgehead atoms. The fourth-order valence-corrected chi connectivity index (χ4v) is 1.30. The minimum atomic E-state index is -0.256. The zero-order valence-corrected chi connectivity index (χ0v) is 11.3. The lowest BCUT2D eigenvalue weighted by Gasteiger charge is -1.93. The number of hydrogen-bond acceptors (Lipinski definition) is 6. The van der Waals surface area contributed by atoms with Crippen molar-refractivity contribution >= 4 is 6.29 Å². The van der Waals surface area contributed by atoms with Gasteiger partial charge in [-0.2, -0.15) is 5.90 Å². The Labute approximate surface area is 121 Å². The molecule has 0 aliphatic heterocycles. The van der Waals surface area contributed by atoms with E-state index in [1.54, 1.807) is 24.3 Å². The minimum absolute atomic E-state index is 0.107. The number of rotatable bonds is 3. The quantitative estimate of drug-likeness (QED) is 0.226. The molecule has 0 amide bonds. The highest BCUT2D eigenvalue weighted by molar-refractivity contribution is 5.79. The van der Waals surface area contributed by atoms with Crippen molar-refractivity contribution in [2.75, 3.05) is 7.11 Å². The van der Waals surface area contributed by atoms with Crippen molar-refractivity contribution in [3.63, 3.8) is 0 Å². The summed E-state index contributed by atoms with van der Waals surface area (Å²) in [6.45, 7) is 0. The van der Waals surface area contributed by atoms with Gasteiger partial charge in [-0.05, 0) is 18.2 Å². The molecule has 0 aliphatic carbocycles. The molecule has 2 rings (SSSR count). The van der Waals surface area contributed by atoms with E-state index >= 15 is 0 Å². The molecule has 7 nitrogen and oxygen atoms in total. The van der Waals surface area contributed by atoms with Crippen molar-refractivity contribution < 1.29 is 29.6 Å². The molecule has 7 heteroatoms. The lowest BCUT2D eigenvalue weighted by atomic mass is 10.2. The van der Waals surface area contributed by atoms with Gasteiger partial charge < -0.3 is 15.3 Å². The molecule has 0 aromatic heterocycles. The Morgan fingerprint density at radius 3 is 2.24 bits per heavy atom. The van der Waals surface area contributed by atoms with Crippen molar-refractivity contribution in [2.45, 2.75) is 0 Å². The summed E-state index contributed by atoms with van der Waals surface area (Å²) >= 11 is 0. The Kier molecular flexibility index (Phi) is 6.69. The second-order valence-corrected chi connectivity index (χ2v) is 3.71. The van der Waals surface area contributed by atoms with E-state index in [1.165, 1.54) is 31.6 Å². The monoisotopic (exact) mass is 294 g/mol. The predicted octanol–water partition coefficient (Wildman–Crippen LogP) is 2.00. The van der Waals surface area contributed by atoms with Crippen LogP contribution < -0.4 is 5.90 Å². The van der Waals surface area contributed by atoms with Gasteiger partial charge in [0.2, 0.25) is 0 Å². The van der Waals surface area contributed by atoms with E-state index in [0.717, 1.165) is 0 Å². The van der Waals surface area contributed by atoms with E-state index in [0.29, 0.717) is 11.3 Å². The van der Waals surface area contributed by atoms with Crippen LogP contribution in [-0.4, -0.2) is 28.7 Å². The number of benzene rings is 2. The molecule has 112 valence electrons. The van der Waals surface area contributed by atoms with Crippen molar-refractivity contribution in [3.05, 3.63) is 48.0 Å². The molecule has 0 spiro atoms. The van der Waals surface area contributed by atoms with Gasteiger partial charge in [0, 0.05) is 6.07 Å². The first-order chi connectivity index (χ1) is 10.1. The van der Waals surface area contributed by atoms with E-state index in [9.17, 15) is 10.2 Å². The Balaban J connectivity index is 0.000000491. The van der Waals surface area contributed by atoms with Gasteiger partial charge in [-0.3, -0.25) is 0 Å². The summed E-state index contributed by atoms with van der Waals surface area (Å²) in [6, 6.07) is 10.8. The second-order valence-electron chi connectivity index (χ2n) is 3.71. The number of phenolic OH excluding ortho intramolecular Hbond substituents is 3. The highest BCUT2D eigenvalue weighted by Gasteiger charge is 2.08. The Bertz CT molecular complexity index is 598. The van der Waals surface area contributed by atoms with Crippen LogP contribution in [0.4, 0.5) is 0 Å². The minimum Gasteiger partial charge on any atom is -0.507 e. The lowest BCUT2D eigenvalue weighted by Crippen LogP contribution is -1.93. The molecule has 2 aromatic rings. The first kappa shape index (κ1) is 16.4. The third-order valence-corrected chi connectivity index (χ3v) is 2.30. The largest absolute Gasteiger partial charge is 0.507 e. The third kappa shape index (κ3) is 5.49. The molecule has 0 aliphatic rings. The highest BCUT2D eigenvalue weighted by Crippen LogP contribution is 2.29. The van der Waals surface area contributed by atoms with Crippen LogP contribution in [0, 0.1) is 0 Å². The van der Waals surface area contributed by atoms with Crippen molar-refractivity contribution in [2.24, 2.45) is 5.90 Å². The molecule has 0 saturated carbocycles. The lowest BCUT2D eigenvalue weighted by molar-refractivity contribution is -0.277. The highest BCUT2D eigenvalue weighted by atomic mass is 17.3. The Morgan fingerprint density at radius 2 is 1.67 bits per heavy atom. The van der Waals surface area contributed by atoms with E-state index in [-0.39, 0.29) is 17.2 Å². The molecular weight excluding hydrogens is 278 g/mol. The number of hydrogen-bond donors (Lipinski definition) is 4. The molecule has 0 atom stereocenters. The molecular formula is C14H16NO6+. The van der Waals surface area contributed by atoms with E-state index < -0.39 is 0 Å². The number of aldehydes is 1. The summed E-state index contributed by atoms with van der Waals surface area (Å²) in [5.74, 6) is 4.31. The van der Waals surface area contributed by atoms with Crippen LogP contribution in [0.15, 0.2) is 42.5 Å². The van der Waals surface area contributed by atoms with E-state index in [2.05, 4.69) is 15.8 Å². The molecule has 0 radical (unpaired) electrons. The SMILES string of the molecule is COON.Oc1ccc([O+]=Cc2ccccc2O)cc1O. The number of phenols is 3. The molecule has 5 N–H and O–H groups in total. The van der Waals surface area contributed by atoms with Crippen LogP contribution in [0.25, 0.3) is 0 Å². The fraction of sp³-hybridized carbons (Fsp3) is 0.0714. The summed E-state index contributed by atoms with van der Waals surface area (Å²) in [6.07, 6.45) is 1.36. The van der Waals surface area contributed by atoms with E-state index in [1.807, 2.05) is 0 Å². The topological polar surface area (TPSA) is 116 Å². The van der Waals surface area contributed by atoms with Crippen molar-refractivity contribution in [1.82, 2.24) is 0 Å². The van der Waals surface area contributed by atoms with Crippen LogP contribution >= 0.6 is 0 Å². The van der Waals surface area contributed by atoms with Gasteiger partial charge in [0.05, 0.1) is 13.2 Å². The van der Waals surface area contributed by atoms with E-state index in [4.69, 9.17) is 9.53 Å². The molecule has 21 heavy (non-hydrogen) atoms. The average Bonchev–Trinajstić information content (AvgIpc) is 2.50. The summed E-state index contributed by atoms with van der Waals surface area (Å²) in [4.78, 5) is 7.36. The maximum atomic E-state index is 9.49. The number of carbonyl (C=O) groups excluding carboxylic acids is 1. The van der Waals surface area contributed by atoms with Crippen molar-refractivity contribution in [3.8, 4) is 23.0 Å². The van der Waals surface area contributed by atoms with Crippen LogP contribution in [0.3, 0.4) is 0 Å². The van der Waals surface area contributed by atoms with Crippen LogP contribution in [0.2, 0.25) is 0 Å². The van der Waals surface area contributed by atoms with Gasteiger partial charge in [0.15, 0.2) is 11.5 Å². The summed E-state index contributed by atoms with van der Waals surface area (Å²) < 4.78 is 5.25. The van der Waals surface area contributed by atoms with Gasteiger partial charge in [0.1, 0.15) is 11.3 Å². The summed E-state index contributed by atoms with van der Waals surface area (Å²) in [5, 5.41) is 27.9. The maximum absolute atomic E-state index is 9.49. The number of aromatic hydroxyl groups is 3. The van der Waals surface area contributed by atoms with Gasteiger partial charge in [0.25, 0.3) is 0 Å². The molecule has 0 fully saturated rings. The number of para-hydroxylation sites is 1. The maximum Gasteiger partial charge on any atom is 0.356 e. The summed E-state index contributed by atoms with van der Waals surface area (Å²) in [5.41, 5.74) is 0.528.